The van der Waals surface area contributed by atoms with Gasteiger partial charge in [0.15, 0.2) is 0 Å². The average Bonchev–Trinajstić information content (AvgIpc) is 3.19. The molecule has 0 aliphatic carbocycles. The van der Waals surface area contributed by atoms with Crippen molar-refractivity contribution in [2.75, 3.05) is 13.1 Å². The second-order valence-corrected chi connectivity index (χ2v) is 7.11. The molecule has 2 saturated heterocycles. The van der Waals surface area contributed by atoms with E-state index in [9.17, 15) is 14.4 Å². The lowest BCUT2D eigenvalue weighted by Gasteiger charge is -2.33. The zero-order valence-corrected chi connectivity index (χ0v) is 13.7. The molecule has 6 nitrogen and oxygen atoms in total. The Labute approximate surface area is 139 Å². The molecule has 0 radical (unpaired) electrons. The molecule has 0 saturated carbocycles. The first kappa shape index (κ1) is 16.0. The Bertz CT molecular complexity index is 579. The van der Waals surface area contributed by atoms with Gasteiger partial charge in [0, 0.05) is 30.4 Å². The van der Waals surface area contributed by atoms with Crippen molar-refractivity contribution < 1.29 is 14.4 Å². The van der Waals surface area contributed by atoms with Crippen LogP contribution in [0.15, 0.2) is 17.5 Å². The van der Waals surface area contributed by atoms with Crippen molar-refractivity contribution in [1.82, 2.24) is 15.5 Å². The quantitative estimate of drug-likeness (QED) is 0.849. The molecule has 1 atom stereocenters. The molecule has 7 heteroatoms. The number of hydrogen-bond donors (Lipinski definition) is 2. The molecule has 2 N–H and O–H groups in total. The van der Waals surface area contributed by atoms with Crippen LogP contribution in [0.1, 0.15) is 30.6 Å². The topological polar surface area (TPSA) is 78.5 Å². The van der Waals surface area contributed by atoms with Gasteiger partial charge in [0.05, 0.1) is 6.42 Å². The summed E-state index contributed by atoms with van der Waals surface area (Å²) in [5.41, 5.74) is 0. The predicted octanol–water partition coefficient (Wildman–Crippen LogP) is 0.676. The molecular weight excluding hydrogens is 314 g/mol. The third kappa shape index (κ3) is 4.10. The van der Waals surface area contributed by atoms with Crippen LogP contribution in [0, 0.1) is 0 Å². The molecule has 3 heterocycles. The third-order valence-corrected chi connectivity index (χ3v) is 5.26. The molecular formula is C16H21N3O3S. The van der Waals surface area contributed by atoms with Crippen molar-refractivity contribution in [1.29, 1.82) is 0 Å². The summed E-state index contributed by atoms with van der Waals surface area (Å²) < 4.78 is 0. The van der Waals surface area contributed by atoms with Crippen LogP contribution in [-0.2, 0) is 20.8 Å². The normalized spacial score (nSPS) is 22.0. The number of hydrogen-bond acceptors (Lipinski definition) is 4. The Balaban J connectivity index is 1.42. The number of rotatable bonds is 4. The molecule has 2 fully saturated rings. The van der Waals surface area contributed by atoms with Crippen molar-refractivity contribution in [2.45, 2.75) is 44.2 Å². The summed E-state index contributed by atoms with van der Waals surface area (Å²) in [4.78, 5) is 38.4. The SMILES string of the molecule is O=C(Cc1cccs1)NC1CCN(C(=O)C2CCC(=O)N2)CC1. The Morgan fingerprint density at radius 1 is 1.30 bits per heavy atom. The van der Waals surface area contributed by atoms with Crippen molar-refractivity contribution in [2.24, 2.45) is 0 Å². The van der Waals surface area contributed by atoms with Gasteiger partial charge >= 0.3 is 0 Å². The Morgan fingerprint density at radius 2 is 2.09 bits per heavy atom. The van der Waals surface area contributed by atoms with E-state index in [0.29, 0.717) is 32.4 Å². The van der Waals surface area contributed by atoms with E-state index in [2.05, 4.69) is 10.6 Å². The van der Waals surface area contributed by atoms with Gasteiger partial charge in [-0.1, -0.05) is 6.07 Å². The minimum atomic E-state index is -0.354. The fraction of sp³-hybridized carbons (Fsp3) is 0.562. The van der Waals surface area contributed by atoms with Gasteiger partial charge in [0.1, 0.15) is 6.04 Å². The lowest BCUT2D eigenvalue weighted by atomic mass is 10.0. The van der Waals surface area contributed by atoms with Crippen LogP contribution in [0.2, 0.25) is 0 Å². The molecule has 2 aliphatic rings. The summed E-state index contributed by atoms with van der Waals surface area (Å²) in [6.07, 6.45) is 2.98. The molecule has 1 aromatic heterocycles. The van der Waals surface area contributed by atoms with E-state index in [-0.39, 0.29) is 29.8 Å². The van der Waals surface area contributed by atoms with E-state index in [4.69, 9.17) is 0 Å². The van der Waals surface area contributed by atoms with Crippen LogP contribution in [0.25, 0.3) is 0 Å². The standard InChI is InChI=1S/C16H21N3O3S/c20-14-4-3-13(18-14)16(22)19-7-5-11(6-8-19)17-15(21)10-12-2-1-9-23-12/h1-2,9,11,13H,3-8,10H2,(H,17,21)(H,18,20). The maximum Gasteiger partial charge on any atom is 0.245 e. The Morgan fingerprint density at radius 3 is 2.70 bits per heavy atom. The molecule has 3 amide bonds. The molecule has 1 aromatic rings. The highest BCUT2D eigenvalue weighted by Gasteiger charge is 2.32. The second-order valence-electron chi connectivity index (χ2n) is 6.08. The average molecular weight is 335 g/mol. The first-order valence-corrected chi connectivity index (χ1v) is 8.89. The second kappa shape index (κ2) is 7.12. The Kier molecular flexibility index (Phi) is 4.95. The number of carbonyl (C=O) groups is 3. The highest BCUT2D eigenvalue weighted by molar-refractivity contribution is 7.10. The summed E-state index contributed by atoms with van der Waals surface area (Å²) in [6, 6.07) is 3.68. The molecule has 124 valence electrons. The highest BCUT2D eigenvalue weighted by Crippen LogP contribution is 2.16. The summed E-state index contributed by atoms with van der Waals surface area (Å²) in [6.45, 7) is 1.27. The number of thiophene rings is 1. The van der Waals surface area contributed by atoms with Crippen LogP contribution in [-0.4, -0.2) is 47.8 Å². The smallest absolute Gasteiger partial charge is 0.245 e. The van der Waals surface area contributed by atoms with Crippen molar-refractivity contribution in [3.05, 3.63) is 22.4 Å². The van der Waals surface area contributed by atoms with Gasteiger partial charge in [-0.2, -0.15) is 0 Å². The van der Waals surface area contributed by atoms with Gasteiger partial charge < -0.3 is 15.5 Å². The van der Waals surface area contributed by atoms with Crippen LogP contribution in [0.5, 0.6) is 0 Å². The number of piperidine rings is 1. The van der Waals surface area contributed by atoms with Gasteiger partial charge in [0.2, 0.25) is 17.7 Å². The summed E-state index contributed by atoms with van der Waals surface area (Å²) in [5, 5.41) is 7.74. The third-order valence-electron chi connectivity index (χ3n) is 4.38. The zero-order valence-electron chi connectivity index (χ0n) is 12.9. The summed E-state index contributed by atoms with van der Waals surface area (Å²) in [7, 11) is 0. The fourth-order valence-electron chi connectivity index (χ4n) is 3.11. The number of nitrogens with zero attached hydrogens (tertiary/aromatic N) is 1. The Hall–Kier alpha value is -1.89. The number of likely N-dealkylation sites (tertiary alicyclic amines) is 1. The minimum absolute atomic E-state index is 0.0132. The lowest BCUT2D eigenvalue weighted by Crippen LogP contribution is -2.51. The van der Waals surface area contributed by atoms with Crippen LogP contribution in [0.3, 0.4) is 0 Å². The zero-order chi connectivity index (χ0) is 16.2. The monoisotopic (exact) mass is 335 g/mol. The van der Waals surface area contributed by atoms with E-state index in [0.717, 1.165) is 17.7 Å². The summed E-state index contributed by atoms with van der Waals surface area (Å²) >= 11 is 1.58. The van der Waals surface area contributed by atoms with E-state index in [1.165, 1.54) is 0 Å². The lowest BCUT2D eigenvalue weighted by molar-refractivity contribution is -0.135. The molecule has 2 aliphatic heterocycles. The van der Waals surface area contributed by atoms with Gasteiger partial charge in [-0.25, -0.2) is 0 Å². The first-order chi connectivity index (χ1) is 11.1. The maximum atomic E-state index is 12.3. The molecule has 0 aromatic carbocycles. The summed E-state index contributed by atoms with van der Waals surface area (Å²) in [5.74, 6) is 0.0126. The van der Waals surface area contributed by atoms with Gasteiger partial charge in [0.25, 0.3) is 0 Å². The number of nitrogens with one attached hydrogen (secondary N) is 2. The van der Waals surface area contributed by atoms with Crippen LogP contribution >= 0.6 is 11.3 Å². The minimum Gasteiger partial charge on any atom is -0.353 e. The largest absolute Gasteiger partial charge is 0.353 e. The maximum absolute atomic E-state index is 12.3. The van der Waals surface area contributed by atoms with Crippen molar-refractivity contribution in [3.63, 3.8) is 0 Å². The van der Waals surface area contributed by atoms with E-state index >= 15 is 0 Å². The van der Waals surface area contributed by atoms with E-state index < -0.39 is 0 Å². The van der Waals surface area contributed by atoms with E-state index in [1.807, 2.05) is 17.5 Å². The molecule has 3 rings (SSSR count). The fourth-order valence-corrected chi connectivity index (χ4v) is 3.82. The number of carbonyl (C=O) groups excluding carboxylic acids is 3. The highest BCUT2D eigenvalue weighted by atomic mass is 32.1. The predicted molar refractivity (Wildman–Crippen MR) is 86.9 cm³/mol. The molecule has 1 unspecified atom stereocenters. The van der Waals surface area contributed by atoms with Crippen molar-refractivity contribution in [3.8, 4) is 0 Å². The van der Waals surface area contributed by atoms with Crippen LogP contribution < -0.4 is 10.6 Å². The molecule has 0 spiro atoms. The number of amides is 3. The van der Waals surface area contributed by atoms with E-state index in [1.54, 1.807) is 16.2 Å². The first-order valence-electron chi connectivity index (χ1n) is 8.02. The van der Waals surface area contributed by atoms with Gasteiger partial charge in [-0.15, -0.1) is 11.3 Å². The van der Waals surface area contributed by atoms with Gasteiger partial charge in [-0.3, -0.25) is 14.4 Å². The molecule has 0 bridgehead atoms. The molecule has 23 heavy (non-hydrogen) atoms. The van der Waals surface area contributed by atoms with Crippen LogP contribution in [0.4, 0.5) is 0 Å². The van der Waals surface area contributed by atoms with Gasteiger partial charge in [-0.05, 0) is 30.7 Å². The van der Waals surface area contributed by atoms with Crippen molar-refractivity contribution >= 4 is 29.1 Å².